The van der Waals surface area contributed by atoms with E-state index in [1.807, 2.05) is 25.1 Å². The maximum atomic E-state index is 11.9. The Morgan fingerprint density at radius 2 is 2.08 bits per heavy atom. The van der Waals surface area contributed by atoms with E-state index in [1.165, 1.54) is 0 Å². The van der Waals surface area contributed by atoms with Gasteiger partial charge in [-0.25, -0.2) is 4.98 Å². The molecule has 1 aromatic carbocycles. The van der Waals surface area contributed by atoms with Gasteiger partial charge in [0.1, 0.15) is 11.6 Å². The minimum absolute atomic E-state index is 0.0996. The van der Waals surface area contributed by atoms with Crippen LogP contribution in [0.5, 0.6) is 5.75 Å². The summed E-state index contributed by atoms with van der Waals surface area (Å²) >= 11 is 0. The number of pyridine rings is 1. The number of carbonyl (C=O) groups excluding carboxylic acids is 2. The van der Waals surface area contributed by atoms with Crippen molar-refractivity contribution in [3.8, 4) is 5.75 Å². The lowest BCUT2D eigenvalue weighted by molar-refractivity contribution is -0.118. The number of amides is 2. The zero-order valence-electron chi connectivity index (χ0n) is 13.5. The number of aryl methyl sites for hydroxylation is 1. The second-order valence-electron chi connectivity index (χ2n) is 5.70. The molecule has 6 heteroatoms. The summed E-state index contributed by atoms with van der Waals surface area (Å²) in [4.78, 5) is 29.4. The number of anilines is 2. The number of aromatic nitrogens is 1. The van der Waals surface area contributed by atoms with Crippen molar-refractivity contribution in [1.29, 1.82) is 0 Å². The number of nitrogens with zero attached hydrogens (tertiary/aromatic N) is 2. The van der Waals surface area contributed by atoms with Crippen molar-refractivity contribution in [2.24, 2.45) is 0 Å². The lowest BCUT2D eigenvalue weighted by atomic mass is 10.3. The molecule has 0 unspecified atom stereocenters. The molecule has 6 nitrogen and oxygen atoms in total. The molecule has 1 aliphatic rings. The van der Waals surface area contributed by atoms with Crippen LogP contribution in [0, 0.1) is 6.92 Å². The fraction of sp³-hybridized carbons (Fsp3) is 0.278. The number of rotatable bonds is 5. The fourth-order valence-corrected chi connectivity index (χ4v) is 2.58. The van der Waals surface area contributed by atoms with Crippen LogP contribution in [0.1, 0.15) is 18.4 Å². The molecule has 3 rings (SSSR count). The highest BCUT2D eigenvalue weighted by Gasteiger charge is 2.21. The third-order valence-electron chi connectivity index (χ3n) is 3.77. The minimum Gasteiger partial charge on any atom is -0.484 e. The molecule has 2 aromatic rings. The Labute approximate surface area is 140 Å². The monoisotopic (exact) mass is 325 g/mol. The largest absolute Gasteiger partial charge is 0.484 e. The molecular formula is C18H19N3O3. The number of carbonyl (C=O) groups is 2. The van der Waals surface area contributed by atoms with E-state index in [2.05, 4.69) is 10.3 Å². The van der Waals surface area contributed by atoms with Gasteiger partial charge in [0.15, 0.2) is 6.61 Å². The van der Waals surface area contributed by atoms with E-state index in [9.17, 15) is 9.59 Å². The van der Waals surface area contributed by atoms with Gasteiger partial charge in [0.05, 0.1) is 0 Å². The first kappa shape index (κ1) is 16.0. The highest BCUT2D eigenvalue weighted by atomic mass is 16.5. The molecule has 24 heavy (non-hydrogen) atoms. The summed E-state index contributed by atoms with van der Waals surface area (Å²) in [6.07, 6.45) is 3.14. The first-order chi connectivity index (χ1) is 11.6. The molecule has 0 radical (unpaired) electrons. The summed E-state index contributed by atoms with van der Waals surface area (Å²) in [5.41, 5.74) is 1.88. The lowest BCUT2D eigenvalue weighted by Gasteiger charge is -2.16. The quantitative estimate of drug-likeness (QED) is 0.917. The van der Waals surface area contributed by atoms with Crippen LogP contribution in [0.25, 0.3) is 0 Å². The van der Waals surface area contributed by atoms with E-state index < -0.39 is 0 Å². The Morgan fingerprint density at radius 1 is 1.29 bits per heavy atom. The molecule has 0 spiro atoms. The predicted molar refractivity (Wildman–Crippen MR) is 91.1 cm³/mol. The van der Waals surface area contributed by atoms with Gasteiger partial charge in [0, 0.05) is 24.8 Å². The molecule has 0 saturated carbocycles. The first-order valence-electron chi connectivity index (χ1n) is 7.87. The number of nitrogens with one attached hydrogen (secondary N) is 1. The van der Waals surface area contributed by atoms with Gasteiger partial charge >= 0.3 is 0 Å². The van der Waals surface area contributed by atoms with Crippen molar-refractivity contribution in [3.05, 3.63) is 48.2 Å². The molecule has 2 heterocycles. The summed E-state index contributed by atoms with van der Waals surface area (Å²) in [7, 11) is 0. The SMILES string of the molecule is Cc1ccnc(NC(=O)COc2ccc(N3CCCC3=O)cc2)c1. The highest BCUT2D eigenvalue weighted by Crippen LogP contribution is 2.23. The third kappa shape index (κ3) is 3.90. The van der Waals surface area contributed by atoms with Crippen LogP contribution in [0.4, 0.5) is 11.5 Å². The highest BCUT2D eigenvalue weighted by molar-refractivity contribution is 5.95. The molecule has 0 atom stereocenters. The van der Waals surface area contributed by atoms with Gasteiger partial charge < -0.3 is 15.0 Å². The number of benzene rings is 1. The number of ether oxygens (including phenoxy) is 1. The van der Waals surface area contributed by atoms with E-state index in [4.69, 9.17) is 4.74 Å². The molecule has 1 fully saturated rings. The van der Waals surface area contributed by atoms with Crippen LogP contribution in [0.2, 0.25) is 0 Å². The van der Waals surface area contributed by atoms with Gasteiger partial charge in [-0.15, -0.1) is 0 Å². The van der Waals surface area contributed by atoms with E-state index in [0.29, 0.717) is 18.0 Å². The van der Waals surface area contributed by atoms with Gasteiger partial charge in [0.2, 0.25) is 5.91 Å². The summed E-state index contributed by atoms with van der Waals surface area (Å²) in [6, 6.07) is 10.8. The van der Waals surface area contributed by atoms with Crippen molar-refractivity contribution in [1.82, 2.24) is 4.98 Å². The van der Waals surface area contributed by atoms with Crippen LogP contribution in [-0.4, -0.2) is 29.9 Å². The average Bonchev–Trinajstić information content (AvgIpc) is 2.99. The van der Waals surface area contributed by atoms with E-state index >= 15 is 0 Å². The first-order valence-corrected chi connectivity index (χ1v) is 7.87. The zero-order valence-corrected chi connectivity index (χ0v) is 13.5. The van der Waals surface area contributed by atoms with E-state index in [-0.39, 0.29) is 18.4 Å². The maximum absolute atomic E-state index is 11.9. The standard InChI is InChI=1S/C18H19N3O3/c1-13-8-9-19-16(11-13)20-17(22)12-24-15-6-4-14(5-7-15)21-10-2-3-18(21)23/h4-9,11H,2-3,10,12H2,1H3,(H,19,20,22). The molecule has 1 aromatic heterocycles. The van der Waals surface area contributed by atoms with Crippen LogP contribution >= 0.6 is 0 Å². The fourth-order valence-electron chi connectivity index (χ4n) is 2.58. The summed E-state index contributed by atoms with van der Waals surface area (Å²) < 4.78 is 5.47. The van der Waals surface area contributed by atoms with Crippen molar-refractivity contribution >= 4 is 23.3 Å². The molecule has 0 bridgehead atoms. The van der Waals surface area contributed by atoms with Gasteiger partial charge in [-0.3, -0.25) is 9.59 Å². The normalized spacial score (nSPS) is 13.9. The minimum atomic E-state index is -0.271. The molecule has 1 aliphatic heterocycles. The Balaban J connectivity index is 1.53. The Bertz CT molecular complexity index is 743. The summed E-state index contributed by atoms with van der Waals surface area (Å²) in [5.74, 6) is 0.963. The van der Waals surface area contributed by atoms with Crippen molar-refractivity contribution in [2.75, 3.05) is 23.4 Å². The number of hydrogen-bond acceptors (Lipinski definition) is 4. The second-order valence-corrected chi connectivity index (χ2v) is 5.70. The maximum Gasteiger partial charge on any atom is 0.263 e. The topological polar surface area (TPSA) is 71.5 Å². The van der Waals surface area contributed by atoms with Gasteiger partial charge in [-0.2, -0.15) is 0 Å². The van der Waals surface area contributed by atoms with Crippen molar-refractivity contribution < 1.29 is 14.3 Å². The van der Waals surface area contributed by atoms with Crippen molar-refractivity contribution in [2.45, 2.75) is 19.8 Å². The Morgan fingerprint density at radius 3 is 2.75 bits per heavy atom. The van der Waals surface area contributed by atoms with Crippen LogP contribution < -0.4 is 15.0 Å². The Hall–Kier alpha value is -2.89. The molecule has 2 amide bonds. The smallest absolute Gasteiger partial charge is 0.263 e. The average molecular weight is 325 g/mol. The van der Waals surface area contributed by atoms with Crippen LogP contribution in [-0.2, 0) is 9.59 Å². The molecule has 1 N–H and O–H groups in total. The van der Waals surface area contributed by atoms with Gasteiger partial charge in [-0.1, -0.05) is 0 Å². The van der Waals surface area contributed by atoms with Gasteiger partial charge in [0.25, 0.3) is 5.91 Å². The third-order valence-corrected chi connectivity index (χ3v) is 3.77. The Kier molecular flexibility index (Phi) is 4.74. The molecule has 1 saturated heterocycles. The van der Waals surface area contributed by atoms with Crippen LogP contribution in [0.15, 0.2) is 42.6 Å². The van der Waals surface area contributed by atoms with E-state index in [0.717, 1.165) is 24.2 Å². The molecular weight excluding hydrogens is 306 g/mol. The summed E-state index contributed by atoms with van der Waals surface area (Å²) in [5, 5.41) is 2.69. The second kappa shape index (κ2) is 7.12. The summed E-state index contributed by atoms with van der Waals surface area (Å²) in [6.45, 7) is 2.59. The van der Waals surface area contributed by atoms with Gasteiger partial charge in [-0.05, 0) is 55.3 Å². The van der Waals surface area contributed by atoms with Crippen molar-refractivity contribution in [3.63, 3.8) is 0 Å². The number of hydrogen-bond donors (Lipinski definition) is 1. The van der Waals surface area contributed by atoms with E-state index in [1.54, 1.807) is 29.3 Å². The van der Waals surface area contributed by atoms with Crippen LogP contribution in [0.3, 0.4) is 0 Å². The molecule has 124 valence electrons. The predicted octanol–water partition coefficient (Wildman–Crippen LogP) is 2.53. The molecule has 0 aliphatic carbocycles. The lowest BCUT2D eigenvalue weighted by Crippen LogP contribution is -2.23. The zero-order chi connectivity index (χ0) is 16.9.